The minimum absolute atomic E-state index is 0.199. The number of nitrogens with zero attached hydrogens (tertiary/aromatic N) is 2. The van der Waals surface area contributed by atoms with E-state index in [1.807, 2.05) is 62.4 Å². The highest BCUT2D eigenvalue weighted by Gasteiger charge is 2.16. The molecular weight excluding hydrogens is 366 g/mol. The van der Waals surface area contributed by atoms with E-state index in [4.69, 9.17) is 9.47 Å². The summed E-state index contributed by atoms with van der Waals surface area (Å²) in [4.78, 5) is 21.0. The van der Waals surface area contributed by atoms with E-state index in [1.165, 1.54) is 6.33 Å². The van der Waals surface area contributed by atoms with Crippen molar-refractivity contribution in [2.45, 2.75) is 33.4 Å². The lowest BCUT2D eigenvalue weighted by atomic mass is 10.1. The molecular formula is C23H25N3O3. The highest BCUT2D eigenvalue weighted by atomic mass is 16.5. The molecule has 0 saturated heterocycles. The van der Waals surface area contributed by atoms with Gasteiger partial charge in [0.15, 0.2) is 6.10 Å². The van der Waals surface area contributed by atoms with Crippen LogP contribution in [0.5, 0.6) is 11.5 Å². The number of nitrogens with one attached hydrogen (secondary N) is 1. The molecule has 1 atom stereocenters. The van der Waals surface area contributed by atoms with Gasteiger partial charge < -0.3 is 14.8 Å². The van der Waals surface area contributed by atoms with Gasteiger partial charge in [-0.3, -0.25) is 4.79 Å². The largest absolute Gasteiger partial charge is 0.497 e. The third-order valence-corrected chi connectivity index (χ3v) is 4.57. The zero-order valence-corrected chi connectivity index (χ0v) is 17.1. The van der Waals surface area contributed by atoms with Gasteiger partial charge in [-0.1, -0.05) is 12.1 Å². The van der Waals surface area contributed by atoms with Crippen LogP contribution in [-0.2, 0) is 11.3 Å². The molecule has 6 nitrogen and oxygen atoms in total. The molecule has 0 radical (unpaired) electrons. The second-order valence-corrected chi connectivity index (χ2v) is 6.87. The van der Waals surface area contributed by atoms with Gasteiger partial charge in [-0.25, -0.2) is 9.97 Å². The van der Waals surface area contributed by atoms with E-state index < -0.39 is 6.10 Å². The van der Waals surface area contributed by atoms with E-state index in [-0.39, 0.29) is 5.91 Å². The molecule has 1 aromatic heterocycles. The molecule has 0 aliphatic rings. The Balaban J connectivity index is 1.61. The highest BCUT2D eigenvalue weighted by molar-refractivity contribution is 5.80. The second kappa shape index (κ2) is 9.19. The first-order chi connectivity index (χ1) is 14.0. The number of amides is 1. The Hall–Kier alpha value is -3.41. The Morgan fingerprint density at radius 1 is 1.07 bits per heavy atom. The number of benzene rings is 2. The number of hydrogen-bond acceptors (Lipinski definition) is 5. The fraction of sp³-hybridized carbons (Fsp3) is 0.261. The molecule has 150 valence electrons. The van der Waals surface area contributed by atoms with Gasteiger partial charge in [0.05, 0.1) is 25.0 Å². The van der Waals surface area contributed by atoms with Gasteiger partial charge in [-0.15, -0.1) is 0 Å². The summed E-state index contributed by atoms with van der Waals surface area (Å²) in [7, 11) is 1.63. The molecule has 6 heteroatoms. The van der Waals surface area contributed by atoms with Crippen molar-refractivity contribution in [1.82, 2.24) is 15.3 Å². The summed E-state index contributed by atoms with van der Waals surface area (Å²) >= 11 is 0. The average molecular weight is 391 g/mol. The molecule has 0 spiro atoms. The lowest BCUT2D eigenvalue weighted by molar-refractivity contribution is -0.127. The maximum atomic E-state index is 12.4. The molecule has 3 rings (SSSR count). The minimum atomic E-state index is -0.613. The van der Waals surface area contributed by atoms with Crippen molar-refractivity contribution in [1.29, 1.82) is 0 Å². The van der Waals surface area contributed by atoms with E-state index >= 15 is 0 Å². The first-order valence-corrected chi connectivity index (χ1v) is 9.43. The number of aromatic nitrogens is 2. The number of carbonyl (C=O) groups is 1. The normalized spacial score (nSPS) is 11.6. The standard InChI is InChI=1S/C23H25N3O3/c1-15-5-6-16(2)22(11-15)29-17(3)23(27)24-13-19-12-21(26-14-25-19)18-7-9-20(28-4)10-8-18/h5-12,14,17H,13H2,1-4H3,(H,24,27). The van der Waals surface area contributed by atoms with Crippen molar-refractivity contribution in [2.24, 2.45) is 0 Å². The number of hydrogen-bond donors (Lipinski definition) is 1. The van der Waals surface area contributed by atoms with Crippen LogP contribution in [0.2, 0.25) is 0 Å². The van der Waals surface area contributed by atoms with E-state index in [2.05, 4.69) is 15.3 Å². The second-order valence-electron chi connectivity index (χ2n) is 6.87. The van der Waals surface area contributed by atoms with Gasteiger partial charge in [0, 0.05) is 5.56 Å². The quantitative estimate of drug-likeness (QED) is 0.662. The van der Waals surface area contributed by atoms with Crippen LogP contribution in [0.15, 0.2) is 54.9 Å². The Bertz CT molecular complexity index is 987. The molecule has 1 amide bonds. The van der Waals surface area contributed by atoms with Gasteiger partial charge in [0.25, 0.3) is 5.91 Å². The van der Waals surface area contributed by atoms with Crippen molar-refractivity contribution in [3.63, 3.8) is 0 Å². The lowest BCUT2D eigenvalue weighted by Gasteiger charge is -2.16. The third kappa shape index (κ3) is 5.31. The zero-order chi connectivity index (χ0) is 20.8. The Morgan fingerprint density at radius 3 is 2.55 bits per heavy atom. The van der Waals surface area contributed by atoms with Crippen LogP contribution in [-0.4, -0.2) is 29.1 Å². The summed E-state index contributed by atoms with van der Waals surface area (Å²) in [5.41, 5.74) is 4.54. The van der Waals surface area contributed by atoms with Crippen molar-refractivity contribution >= 4 is 5.91 Å². The van der Waals surface area contributed by atoms with Crippen LogP contribution in [0, 0.1) is 13.8 Å². The molecule has 0 saturated carbocycles. The van der Waals surface area contributed by atoms with E-state index in [0.29, 0.717) is 6.54 Å². The third-order valence-electron chi connectivity index (χ3n) is 4.57. The van der Waals surface area contributed by atoms with Gasteiger partial charge in [0.2, 0.25) is 0 Å². The monoisotopic (exact) mass is 391 g/mol. The van der Waals surface area contributed by atoms with Crippen LogP contribution in [0.1, 0.15) is 23.7 Å². The van der Waals surface area contributed by atoms with Gasteiger partial charge in [0.1, 0.15) is 17.8 Å². The predicted molar refractivity (Wildman–Crippen MR) is 112 cm³/mol. The Labute approximate surface area is 170 Å². The van der Waals surface area contributed by atoms with Crippen LogP contribution < -0.4 is 14.8 Å². The maximum Gasteiger partial charge on any atom is 0.261 e. The molecule has 0 aliphatic heterocycles. The molecule has 29 heavy (non-hydrogen) atoms. The van der Waals surface area contributed by atoms with Gasteiger partial charge >= 0.3 is 0 Å². The molecule has 1 N–H and O–H groups in total. The highest BCUT2D eigenvalue weighted by Crippen LogP contribution is 2.21. The molecule has 1 heterocycles. The minimum Gasteiger partial charge on any atom is -0.497 e. The summed E-state index contributed by atoms with van der Waals surface area (Å²) < 4.78 is 11.0. The van der Waals surface area contributed by atoms with Crippen LogP contribution in [0.25, 0.3) is 11.3 Å². The fourth-order valence-electron chi connectivity index (χ4n) is 2.81. The summed E-state index contributed by atoms with van der Waals surface area (Å²) in [6, 6.07) is 15.4. The van der Waals surface area contributed by atoms with E-state index in [9.17, 15) is 4.79 Å². The zero-order valence-electron chi connectivity index (χ0n) is 17.1. The molecule has 0 fully saturated rings. The van der Waals surface area contributed by atoms with E-state index in [0.717, 1.165) is 39.6 Å². The van der Waals surface area contributed by atoms with Crippen LogP contribution >= 0.6 is 0 Å². The number of rotatable bonds is 7. The molecule has 0 aliphatic carbocycles. The number of carbonyl (C=O) groups excluding carboxylic acids is 1. The molecule has 3 aromatic rings. The summed E-state index contributed by atoms with van der Waals surface area (Å²) in [5.74, 6) is 1.31. The predicted octanol–water partition coefficient (Wildman–Crippen LogP) is 3.85. The van der Waals surface area contributed by atoms with Crippen molar-refractivity contribution in [2.75, 3.05) is 7.11 Å². The molecule has 0 bridgehead atoms. The van der Waals surface area contributed by atoms with Gasteiger partial charge in [-0.2, -0.15) is 0 Å². The maximum absolute atomic E-state index is 12.4. The van der Waals surface area contributed by atoms with Crippen molar-refractivity contribution in [3.8, 4) is 22.8 Å². The van der Waals surface area contributed by atoms with Gasteiger partial charge in [-0.05, 0) is 68.3 Å². The first kappa shape index (κ1) is 20.3. The lowest BCUT2D eigenvalue weighted by Crippen LogP contribution is -2.36. The Morgan fingerprint density at radius 2 is 1.83 bits per heavy atom. The van der Waals surface area contributed by atoms with Crippen LogP contribution in [0.3, 0.4) is 0 Å². The average Bonchev–Trinajstić information content (AvgIpc) is 2.74. The summed E-state index contributed by atoms with van der Waals surface area (Å²) in [5, 5.41) is 2.88. The fourth-order valence-corrected chi connectivity index (χ4v) is 2.81. The molecule has 1 unspecified atom stereocenters. The summed E-state index contributed by atoms with van der Waals surface area (Å²) in [6.45, 7) is 5.98. The number of ether oxygens (including phenoxy) is 2. The first-order valence-electron chi connectivity index (χ1n) is 9.43. The Kier molecular flexibility index (Phi) is 6.44. The summed E-state index contributed by atoms with van der Waals surface area (Å²) in [6.07, 6.45) is 0.885. The number of methoxy groups -OCH3 is 1. The topological polar surface area (TPSA) is 73.3 Å². The number of aryl methyl sites for hydroxylation is 2. The SMILES string of the molecule is COc1ccc(-c2cc(CNC(=O)C(C)Oc3cc(C)ccc3C)ncn2)cc1. The van der Waals surface area contributed by atoms with Crippen molar-refractivity contribution < 1.29 is 14.3 Å². The smallest absolute Gasteiger partial charge is 0.261 e. The van der Waals surface area contributed by atoms with E-state index in [1.54, 1.807) is 14.0 Å². The van der Waals surface area contributed by atoms with Crippen molar-refractivity contribution in [3.05, 3.63) is 71.7 Å². The molecule has 2 aromatic carbocycles. The van der Waals surface area contributed by atoms with Crippen LogP contribution in [0.4, 0.5) is 0 Å².